The maximum absolute atomic E-state index is 12.8. The van der Waals surface area contributed by atoms with Crippen molar-refractivity contribution in [3.05, 3.63) is 77.1 Å². The molecule has 2 aromatic carbocycles. The lowest BCUT2D eigenvalue weighted by Gasteiger charge is -2.25. The van der Waals surface area contributed by atoms with Gasteiger partial charge in [0.1, 0.15) is 0 Å². The van der Waals surface area contributed by atoms with Crippen LogP contribution in [-0.4, -0.2) is 29.0 Å². The van der Waals surface area contributed by atoms with Crippen LogP contribution in [0.25, 0.3) is 0 Å². The van der Waals surface area contributed by atoms with E-state index in [2.05, 4.69) is 32.5 Å². The predicted molar refractivity (Wildman–Crippen MR) is 126 cm³/mol. The van der Waals surface area contributed by atoms with Crippen LogP contribution in [0.3, 0.4) is 0 Å². The smallest absolute Gasteiger partial charge is 0.315 e. The van der Waals surface area contributed by atoms with E-state index < -0.39 is 0 Å². The molecule has 172 valence electrons. The van der Waals surface area contributed by atoms with Crippen LogP contribution in [-0.2, 0) is 13.0 Å². The summed E-state index contributed by atoms with van der Waals surface area (Å²) < 4.78 is 13.6. The number of fused-ring (bicyclic) bond motifs is 2. The summed E-state index contributed by atoms with van der Waals surface area (Å²) in [5, 5.41) is 10.9. The molecule has 2 atom stereocenters. The minimum Gasteiger partial charge on any atom is -0.490 e. The van der Waals surface area contributed by atoms with E-state index in [1.807, 2.05) is 49.5 Å². The van der Waals surface area contributed by atoms with E-state index in [1.165, 1.54) is 11.3 Å². The zero-order chi connectivity index (χ0) is 22.6. The van der Waals surface area contributed by atoms with Gasteiger partial charge in [0.2, 0.25) is 0 Å². The number of hydrogen-bond donors (Lipinski definition) is 2. The van der Waals surface area contributed by atoms with Gasteiger partial charge in [-0.05, 0) is 49.4 Å². The number of urea groups is 1. The first-order chi connectivity index (χ1) is 16.2. The molecule has 3 aromatic rings. The molecule has 2 heterocycles. The number of benzene rings is 2. The molecule has 7 heteroatoms. The van der Waals surface area contributed by atoms with Crippen LogP contribution in [0.5, 0.6) is 11.5 Å². The lowest BCUT2D eigenvalue weighted by Crippen LogP contribution is -2.40. The highest BCUT2D eigenvalue weighted by Gasteiger charge is 2.26. The molecule has 1 aliphatic heterocycles. The number of carbonyl (C=O) groups excluding carboxylic acids is 1. The quantitative estimate of drug-likeness (QED) is 0.604. The highest BCUT2D eigenvalue weighted by molar-refractivity contribution is 5.75. The first kappa shape index (κ1) is 21.4. The molecule has 0 bridgehead atoms. The van der Waals surface area contributed by atoms with E-state index in [-0.39, 0.29) is 18.1 Å². The molecule has 2 unspecified atom stereocenters. The van der Waals surface area contributed by atoms with Gasteiger partial charge in [0, 0.05) is 17.7 Å². The van der Waals surface area contributed by atoms with Crippen molar-refractivity contribution in [3.63, 3.8) is 0 Å². The fourth-order valence-electron chi connectivity index (χ4n) is 4.59. The van der Waals surface area contributed by atoms with E-state index in [1.54, 1.807) is 0 Å². The van der Waals surface area contributed by atoms with Crippen LogP contribution in [0.4, 0.5) is 4.79 Å². The number of aromatic nitrogens is 2. The van der Waals surface area contributed by atoms with Gasteiger partial charge in [0.25, 0.3) is 0 Å². The number of nitrogens with zero attached hydrogens (tertiary/aromatic N) is 2. The molecule has 1 aromatic heterocycles. The summed E-state index contributed by atoms with van der Waals surface area (Å²) in [6, 6.07) is 15.8. The Balaban J connectivity index is 1.23. The lowest BCUT2D eigenvalue weighted by molar-refractivity contribution is 0.232. The Morgan fingerprint density at radius 2 is 1.94 bits per heavy atom. The summed E-state index contributed by atoms with van der Waals surface area (Å²) in [6.45, 7) is 4.02. The zero-order valence-corrected chi connectivity index (χ0v) is 18.9. The number of carbonyl (C=O) groups is 1. The Morgan fingerprint density at radius 1 is 1.12 bits per heavy atom. The van der Waals surface area contributed by atoms with Gasteiger partial charge in [-0.15, -0.1) is 0 Å². The van der Waals surface area contributed by atoms with Gasteiger partial charge in [0.05, 0.1) is 38.0 Å². The summed E-state index contributed by atoms with van der Waals surface area (Å²) >= 11 is 0. The summed E-state index contributed by atoms with van der Waals surface area (Å²) in [4.78, 5) is 12.8. The predicted octanol–water partition coefficient (Wildman–Crippen LogP) is 4.53. The van der Waals surface area contributed by atoms with Gasteiger partial charge >= 0.3 is 6.03 Å². The third-order valence-corrected chi connectivity index (χ3v) is 6.36. The first-order valence-corrected chi connectivity index (χ1v) is 11.7. The normalized spacial score (nSPS) is 18.0. The van der Waals surface area contributed by atoms with Crippen molar-refractivity contribution >= 4 is 6.03 Å². The summed E-state index contributed by atoms with van der Waals surface area (Å²) in [6.07, 6.45) is 5.70. The van der Waals surface area contributed by atoms with Crippen LogP contribution in [0.1, 0.15) is 60.7 Å². The minimum atomic E-state index is -0.178. The molecular weight excluding hydrogens is 416 g/mol. The third-order valence-electron chi connectivity index (χ3n) is 6.36. The summed E-state index contributed by atoms with van der Waals surface area (Å²) in [5.74, 6) is 1.50. The number of rotatable bonds is 5. The van der Waals surface area contributed by atoms with E-state index in [0.29, 0.717) is 13.2 Å². The van der Waals surface area contributed by atoms with Crippen molar-refractivity contribution in [1.29, 1.82) is 0 Å². The molecule has 0 saturated heterocycles. The zero-order valence-electron chi connectivity index (χ0n) is 18.9. The third kappa shape index (κ3) is 4.82. The standard InChI is InChI=1S/C26H30N4O3/c1-18(20-11-12-24-25(15-20)33-14-6-13-32-24)28-26(31)29-22-9-5-10-23-21(22)16-27-30(23)17-19-7-3-2-4-8-19/h2-4,7-8,11-12,15-16,18,22H,5-6,9-10,13-14,17H2,1H3,(H2,28,29,31). The molecule has 0 radical (unpaired) electrons. The van der Waals surface area contributed by atoms with E-state index in [9.17, 15) is 4.79 Å². The molecule has 2 amide bonds. The van der Waals surface area contributed by atoms with Crippen molar-refractivity contribution in [2.75, 3.05) is 13.2 Å². The molecule has 1 aliphatic carbocycles. The molecule has 33 heavy (non-hydrogen) atoms. The van der Waals surface area contributed by atoms with Crippen LogP contribution in [0.2, 0.25) is 0 Å². The topological polar surface area (TPSA) is 77.4 Å². The van der Waals surface area contributed by atoms with Crippen molar-refractivity contribution in [3.8, 4) is 11.5 Å². The highest BCUT2D eigenvalue weighted by Crippen LogP contribution is 2.33. The van der Waals surface area contributed by atoms with E-state index >= 15 is 0 Å². The second kappa shape index (κ2) is 9.57. The summed E-state index contributed by atoms with van der Waals surface area (Å²) in [5.41, 5.74) is 4.54. The lowest BCUT2D eigenvalue weighted by atomic mass is 9.93. The fraction of sp³-hybridized carbons (Fsp3) is 0.385. The van der Waals surface area contributed by atoms with E-state index in [4.69, 9.17) is 9.47 Å². The van der Waals surface area contributed by atoms with Crippen molar-refractivity contribution in [2.45, 2.75) is 51.2 Å². The van der Waals surface area contributed by atoms with Crippen molar-refractivity contribution in [2.24, 2.45) is 0 Å². The molecule has 7 nitrogen and oxygen atoms in total. The Labute approximate surface area is 194 Å². The van der Waals surface area contributed by atoms with Gasteiger partial charge in [0.15, 0.2) is 11.5 Å². The number of hydrogen-bond acceptors (Lipinski definition) is 4. The number of ether oxygens (including phenoxy) is 2. The Hall–Kier alpha value is -3.48. The molecule has 0 spiro atoms. The van der Waals surface area contributed by atoms with Crippen molar-refractivity contribution < 1.29 is 14.3 Å². The fourth-order valence-corrected chi connectivity index (χ4v) is 4.59. The largest absolute Gasteiger partial charge is 0.490 e. The molecule has 0 saturated carbocycles. The number of amides is 2. The van der Waals surface area contributed by atoms with Crippen LogP contribution >= 0.6 is 0 Å². The van der Waals surface area contributed by atoms with Gasteiger partial charge in [-0.25, -0.2) is 4.79 Å². The van der Waals surface area contributed by atoms with Gasteiger partial charge in [-0.1, -0.05) is 36.4 Å². The van der Waals surface area contributed by atoms with Gasteiger partial charge < -0.3 is 20.1 Å². The Bertz CT molecular complexity index is 1110. The van der Waals surface area contributed by atoms with Crippen LogP contribution in [0, 0.1) is 0 Å². The molecule has 5 rings (SSSR count). The maximum atomic E-state index is 12.8. The molecule has 0 fully saturated rings. The second-order valence-corrected chi connectivity index (χ2v) is 8.73. The molecule has 2 N–H and O–H groups in total. The maximum Gasteiger partial charge on any atom is 0.315 e. The average Bonchev–Trinajstić information content (AvgIpc) is 3.08. The molecule has 2 aliphatic rings. The van der Waals surface area contributed by atoms with Crippen LogP contribution < -0.4 is 20.1 Å². The van der Waals surface area contributed by atoms with E-state index in [0.717, 1.165) is 54.9 Å². The van der Waals surface area contributed by atoms with Gasteiger partial charge in [-0.3, -0.25) is 4.68 Å². The van der Waals surface area contributed by atoms with Gasteiger partial charge in [-0.2, -0.15) is 5.10 Å². The monoisotopic (exact) mass is 446 g/mol. The van der Waals surface area contributed by atoms with Crippen LogP contribution in [0.15, 0.2) is 54.7 Å². The SMILES string of the molecule is CC(NC(=O)NC1CCCc2c1cnn2Cc1ccccc1)c1ccc2c(c1)OCCCO2. The second-order valence-electron chi connectivity index (χ2n) is 8.73. The Kier molecular flexibility index (Phi) is 6.19. The summed E-state index contributed by atoms with van der Waals surface area (Å²) in [7, 11) is 0. The number of nitrogens with one attached hydrogen (secondary N) is 2. The molecular formula is C26H30N4O3. The average molecular weight is 447 g/mol. The highest BCUT2D eigenvalue weighted by atomic mass is 16.5. The minimum absolute atomic E-state index is 0.0331. The first-order valence-electron chi connectivity index (χ1n) is 11.7. The Morgan fingerprint density at radius 3 is 2.79 bits per heavy atom. The van der Waals surface area contributed by atoms with Crippen molar-refractivity contribution in [1.82, 2.24) is 20.4 Å².